The summed E-state index contributed by atoms with van der Waals surface area (Å²) < 4.78 is 18.9. The molecule has 0 saturated carbocycles. The number of nitrogens with zero attached hydrogens (tertiary/aromatic N) is 1. The van der Waals surface area contributed by atoms with Gasteiger partial charge in [0.25, 0.3) is 11.8 Å². The number of benzene rings is 3. The Morgan fingerprint density at radius 3 is 2.45 bits per heavy atom. The van der Waals surface area contributed by atoms with E-state index in [0.717, 1.165) is 17.3 Å². The Bertz CT molecular complexity index is 1570. The molecule has 1 aliphatic heterocycles. The first-order chi connectivity index (χ1) is 19.4. The molecule has 0 bridgehead atoms. The van der Waals surface area contributed by atoms with Crippen LogP contribution >= 0.6 is 0 Å². The van der Waals surface area contributed by atoms with Crippen LogP contribution in [0.15, 0.2) is 85.2 Å². The Balaban J connectivity index is 1.31. The molecule has 0 spiro atoms. The lowest BCUT2D eigenvalue weighted by Gasteiger charge is -2.13. The van der Waals surface area contributed by atoms with Gasteiger partial charge in [-0.3, -0.25) is 14.6 Å². The van der Waals surface area contributed by atoms with Crippen molar-refractivity contribution in [2.24, 2.45) is 5.73 Å². The maximum Gasteiger partial charge on any atom is 0.328 e. The van der Waals surface area contributed by atoms with Gasteiger partial charge in [-0.1, -0.05) is 18.2 Å². The minimum atomic E-state index is -0.637. The first-order valence-corrected chi connectivity index (χ1v) is 12.6. The average molecular weight is 540 g/mol. The number of ether oxygens (including phenoxy) is 1. The van der Waals surface area contributed by atoms with Crippen molar-refractivity contribution < 1.29 is 23.5 Å². The van der Waals surface area contributed by atoms with Crippen molar-refractivity contribution in [3.8, 4) is 11.1 Å². The smallest absolute Gasteiger partial charge is 0.328 e. The Kier molecular flexibility index (Phi) is 7.79. The van der Waals surface area contributed by atoms with E-state index in [0.29, 0.717) is 41.1 Å². The maximum absolute atomic E-state index is 14.0. The van der Waals surface area contributed by atoms with Crippen molar-refractivity contribution >= 4 is 34.8 Å². The van der Waals surface area contributed by atoms with Gasteiger partial charge in [-0.05, 0) is 71.3 Å². The van der Waals surface area contributed by atoms with E-state index < -0.39 is 11.7 Å². The van der Waals surface area contributed by atoms with Crippen LogP contribution in [0.5, 0.6) is 0 Å². The number of hydrogen-bond donors (Lipinski definition) is 4. The van der Waals surface area contributed by atoms with Crippen LogP contribution in [0.25, 0.3) is 11.1 Å². The monoisotopic (exact) mass is 539 g/mol. The molecular weight excluding hydrogens is 513 g/mol. The van der Waals surface area contributed by atoms with E-state index in [9.17, 15) is 18.8 Å². The van der Waals surface area contributed by atoms with E-state index in [4.69, 9.17) is 10.5 Å². The van der Waals surface area contributed by atoms with Crippen molar-refractivity contribution in [1.82, 2.24) is 4.98 Å². The molecule has 2 heterocycles. The summed E-state index contributed by atoms with van der Waals surface area (Å²) in [5, 5.41) is 8.55. The molecule has 0 radical (unpaired) electrons. The van der Waals surface area contributed by atoms with Crippen LogP contribution in [0.3, 0.4) is 0 Å². The highest BCUT2D eigenvalue weighted by molar-refractivity contribution is 6.06. The van der Waals surface area contributed by atoms with Crippen molar-refractivity contribution in [2.45, 2.75) is 19.0 Å². The predicted octanol–water partition coefficient (Wildman–Crippen LogP) is 4.58. The lowest BCUT2D eigenvalue weighted by molar-refractivity contribution is -0.138. The minimum Gasteiger partial charge on any atom is -0.464 e. The van der Waals surface area contributed by atoms with Gasteiger partial charge in [0.15, 0.2) is 5.82 Å². The van der Waals surface area contributed by atoms with Crippen LogP contribution in [0.2, 0.25) is 0 Å². The fourth-order valence-corrected chi connectivity index (χ4v) is 4.35. The molecular formula is C30H26FN5O4. The Labute approximate surface area is 229 Å². The van der Waals surface area contributed by atoms with Crippen molar-refractivity contribution in [3.63, 3.8) is 0 Å². The van der Waals surface area contributed by atoms with Gasteiger partial charge in [0, 0.05) is 41.7 Å². The first kappa shape index (κ1) is 26.5. The molecule has 4 aromatic rings. The molecule has 2 amide bonds. The standard InChI is InChI=1S/C30H26FN5O4/c31-25-17-33-12-10-26(25)36-29(38)20-4-5-21(16-32)24(15-20)19-2-1-3-23(14-19)35-28(37)18-6-8-22(9-7-18)34-27-11-13-40-30(27)39/h1-10,12,14-15,17,27,34H,11,13,16,32H2,(H,35,37)(H,33,36,38). The van der Waals surface area contributed by atoms with E-state index in [2.05, 4.69) is 20.9 Å². The number of aromatic nitrogens is 1. The molecule has 1 fully saturated rings. The number of nitrogens with two attached hydrogens (primary N) is 1. The summed E-state index contributed by atoms with van der Waals surface area (Å²) in [6, 6.07) is 20.0. The zero-order chi connectivity index (χ0) is 28.1. The number of pyridine rings is 1. The summed E-state index contributed by atoms with van der Waals surface area (Å²) in [5.74, 6) is -1.71. The van der Waals surface area contributed by atoms with E-state index in [1.807, 2.05) is 6.07 Å². The Hall–Kier alpha value is -5.09. The zero-order valence-corrected chi connectivity index (χ0v) is 21.3. The number of carbonyl (C=O) groups is 3. The number of esters is 1. The molecule has 3 aromatic carbocycles. The lowest BCUT2D eigenvalue weighted by atomic mass is 9.96. The molecule has 9 nitrogen and oxygen atoms in total. The molecule has 1 saturated heterocycles. The van der Waals surface area contributed by atoms with Gasteiger partial charge >= 0.3 is 5.97 Å². The van der Waals surface area contributed by atoms with Gasteiger partial charge in [0.2, 0.25) is 0 Å². The van der Waals surface area contributed by atoms with Crippen LogP contribution < -0.4 is 21.7 Å². The van der Waals surface area contributed by atoms with Crippen LogP contribution in [0.1, 0.15) is 32.7 Å². The highest BCUT2D eigenvalue weighted by atomic mass is 19.1. The Morgan fingerprint density at radius 2 is 1.73 bits per heavy atom. The van der Waals surface area contributed by atoms with Crippen LogP contribution in [0.4, 0.5) is 21.5 Å². The molecule has 1 atom stereocenters. The number of hydrogen-bond acceptors (Lipinski definition) is 7. The molecule has 5 rings (SSSR count). The van der Waals surface area contributed by atoms with Gasteiger partial charge < -0.3 is 26.4 Å². The topological polar surface area (TPSA) is 135 Å². The van der Waals surface area contributed by atoms with Crippen molar-refractivity contribution in [2.75, 3.05) is 22.6 Å². The number of carbonyl (C=O) groups excluding carboxylic acids is 3. The number of nitrogens with one attached hydrogen (secondary N) is 3. The third-order valence-electron chi connectivity index (χ3n) is 6.47. The third kappa shape index (κ3) is 5.97. The average Bonchev–Trinajstić information content (AvgIpc) is 3.38. The summed E-state index contributed by atoms with van der Waals surface area (Å²) in [4.78, 5) is 41.1. The molecule has 1 aliphatic rings. The Morgan fingerprint density at radius 1 is 0.950 bits per heavy atom. The normalized spacial score (nSPS) is 14.3. The van der Waals surface area contributed by atoms with Crippen LogP contribution in [0, 0.1) is 5.82 Å². The summed E-state index contributed by atoms with van der Waals surface area (Å²) in [6.45, 7) is 0.623. The summed E-state index contributed by atoms with van der Waals surface area (Å²) in [5.41, 5.74) is 10.3. The van der Waals surface area contributed by atoms with E-state index >= 15 is 0 Å². The van der Waals surface area contributed by atoms with Gasteiger partial charge in [-0.2, -0.15) is 0 Å². The van der Waals surface area contributed by atoms with E-state index in [1.165, 1.54) is 12.3 Å². The van der Waals surface area contributed by atoms with E-state index in [-0.39, 0.29) is 30.2 Å². The predicted molar refractivity (Wildman–Crippen MR) is 149 cm³/mol. The quantitative estimate of drug-likeness (QED) is 0.241. The second kappa shape index (κ2) is 11.7. The highest BCUT2D eigenvalue weighted by Crippen LogP contribution is 2.28. The second-order valence-corrected chi connectivity index (χ2v) is 9.15. The fourth-order valence-electron chi connectivity index (χ4n) is 4.35. The molecule has 0 aliphatic carbocycles. The maximum atomic E-state index is 14.0. The summed E-state index contributed by atoms with van der Waals surface area (Å²) >= 11 is 0. The lowest BCUT2D eigenvalue weighted by Crippen LogP contribution is -2.24. The number of rotatable bonds is 8. The largest absolute Gasteiger partial charge is 0.464 e. The molecule has 40 heavy (non-hydrogen) atoms. The second-order valence-electron chi connectivity index (χ2n) is 9.15. The zero-order valence-electron chi connectivity index (χ0n) is 21.3. The molecule has 5 N–H and O–H groups in total. The van der Waals surface area contributed by atoms with Gasteiger partial charge in [-0.25, -0.2) is 9.18 Å². The van der Waals surface area contributed by atoms with Gasteiger partial charge in [0.05, 0.1) is 18.5 Å². The minimum absolute atomic E-state index is 0.0269. The van der Waals surface area contributed by atoms with Crippen LogP contribution in [-0.2, 0) is 16.1 Å². The fraction of sp³-hybridized carbons (Fsp3) is 0.133. The summed E-state index contributed by atoms with van der Waals surface area (Å²) in [6.07, 6.45) is 3.01. The molecule has 202 valence electrons. The number of cyclic esters (lactones) is 1. The number of amides is 2. The van der Waals surface area contributed by atoms with Crippen molar-refractivity contribution in [1.29, 1.82) is 0 Å². The molecule has 1 aromatic heterocycles. The summed E-state index contributed by atoms with van der Waals surface area (Å²) in [7, 11) is 0. The van der Waals surface area contributed by atoms with E-state index in [1.54, 1.807) is 60.7 Å². The van der Waals surface area contributed by atoms with Gasteiger partial charge in [-0.15, -0.1) is 0 Å². The number of anilines is 3. The third-order valence-corrected chi connectivity index (χ3v) is 6.47. The van der Waals surface area contributed by atoms with Crippen molar-refractivity contribution in [3.05, 3.63) is 108 Å². The molecule has 10 heteroatoms. The SMILES string of the molecule is NCc1ccc(C(=O)Nc2ccncc2F)cc1-c1cccc(NC(=O)c2ccc(NC3CCOC3=O)cc2)c1. The number of halogens is 1. The highest BCUT2D eigenvalue weighted by Gasteiger charge is 2.26. The van der Waals surface area contributed by atoms with Crippen LogP contribution in [-0.4, -0.2) is 35.4 Å². The first-order valence-electron chi connectivity index (χ1n) is 12.6. The van der Waals surface area contributed by atoms with Gasteiger partial charge in [0.1, 0.15) is 6.04 Å². The molecule has 1 unspecified atom stereocenters.